The third kappa shape index (κ3) is 36.6. The van der Waals surface area contributed by atoms with Crippen LogP contribution in [0.15, 0.2) is 60.8 Å². The van der Waals surface area contributed by atoms with Crippen LogP contribution in [-0.4, -0.2) is 41.0 Å². The van der Waals surface area contributed by atoms with E-state index in [2.05, 4.69) is 79.1 Å². The minimum absolute atomic E-state index is 0.191. The number of rotatable bonds is 33. The van der Waals surface area contributed by atoms with Crippen molar-refractivity contribution >= 4 is 19.8 Å². The summed E-state index contributed by atoms with van der Waals surface area (Å²) >= 11 is 0. The molecule has 0 heterocycles. The Morgan fingerprint density at radius 3 is 1.50 bits per heavy atom. The molecule has 0 fully saturated rings. The van der Waals surface area contributed by atoms with Crippen molar-refractivity contribution in [3.8, 4) is 0 Å². The molecule has 0 aromatic carbocycles. The number of unbranched alkanes of at least 4 members (excludes halogenated alkanes) is 13. The fraction of sp³-hybridized carbons (Fsp3) is 0.692. The molecule has 0 bridgehead atoms. The first-order valence-corrected chi connectivity index (χ1v) is 20.1. The fourth-order valence-electron chi connectivity index (χ4n) is 4.69. The lowest BCUT2D eigenvalue weighted by molar-refractivity contribution is -0.161. The molecule has 1 atom stereocenters. The van der Waals surface area contributed by atoms with Crippen LogP contribution in [0.3, 0.4) is 0 Å². The van der Waals surface area contributed by atoms with Gasteiger partial charge in [0.15, 0.2) is 6.10 Å². The third-order valence-electron chi connectivity index (χ3n) is 7.51. The summed E-state index contributed by atoms with van der Waals surface area (Å²) in [5.41, 5.74) is 0. The second kappa shape index (κ2) is 34.6. The maximum absolute atomic E-state index is 12.3. The lowest BCUT2D eigenvalue weighted by atomic mass is 10.1. The van der Waals surface area contributed by atoms with Crippen LogP contribution >= 0.6 is 7.82 Å². The number of carbonyl (C=O) groups excluding carboxylic acids is 2. The first-order valence-electron chi connectivity index (χ1n) is 18.6. The molecule has 0 saturated heterocycles. The monoisotopic (exact) mass is 694 g/mol. The van der Waals surface area contributed by atoms with Crippen LogP contribution in [0.5, 0.6) is 0 Å². The maximum atomic E-state index is 12.3. The molecule has 0 amide bonds. The van der Waals surface area contributed by atoms with Gasteiger partial charge in [0.2, 0.25) is 0 Å². The third-order valence-corrected chi connectivity index (χ3v) is 7.99. The number of hydrogen-bond acceptors (Lipinski definition) is 6. The molecule has 0 unspecified atom stereocenters. The van der Waals surface area contributed by atoms with Gasteiger partial charge in [-0.05, 0) is 77.0 Å². The van der Waals surface area contributed by atoms with E-state index in [0.29, 0.717) is 12.8 Å². The van der Waals surface area contributed by atoms with Crippen molar-refractivity contribution in [2.75, 3.05) is 13.2 Å². The second-order valence-electron chi connectivity index (χ2n) is 12.2. The quantitative estimate of drug-likeness (QED) is 0.0301. The molecule has 0 radical (unpaired) electrons. The molecule has 276 valence electrons. The van der Waals surface area contributed by atoms with Crippen molar-refractivity contribution in [2.45, 2.75) is 161 Å². The zero-order chi connectivity index (χ0) is 35.4. The van der Waals surface area contributed by atoms with Crippen LogP contribution in [-0.2, 0) is 28.2 Å². The molecule has 0 aromatic heterocycles. The van der Waals surface area contributed by atoms with Crippen LogP contribution in [0, 0.1) is 0 Å². The summed E-state index contributed by atoms with van der Waals surface area (Å²) in [7, 11) is -4.76. The molecule has 0 rings (SSSR count). The average Bonchev–Trinajstić information content (AvgIpc) is 3.05. The van der Waals surface area contributed by atoms with Crippen molar-refractivity contribution in [1.82, 2.24) is 0 Å². The van der Waals surface area contributed by atoms with E-state index in [1.807, 2.05) is 0 Å². The summed E-state index contributed by atoms with van der Waals surface area (Å²) in [6, 6.07) is 0. The van der Waals surface area contributed by atoms with Gasteiger partial charge in [-0.3, -0.25) is 14.1 Å². The lowest BCUT2D eigenvalue weighted by Crippen LogP contribution is -2.29. The Morgan fingerprint density at radius 2 is 0.958 bits per heavy atom. The number of ether oxygens (including phenoxy) is 2. The number of hydrogen-bond donors (Lipinski definition) is 2. The van der Waals surface area contributed by atoms with Gasteiger partial charge in [-0.25, -0.2) is 4.57 Å². The molecule has 0 aromatic rings. The number of carbonyl (C=O) groups is 2. The fourth-order valence-corrected chi connectivity index (χ4v) is 5.05. The predicted octanol–water partition coefficient (Wildman–Crippen LogP) is 11.0. The van der Waals surface area contributed by atoms with Gasteiger partial charge in [0.25, 0.3) is 0 Å². The zero-order valence-corrected chi connectivity index (χ0v) is 31.0. The van der Waals surface area contributed by atoms with E-state index in [-0.39, 0.29) is 19.4 Å². The summed E-state index contributed by atoms with van der Waals surface area (Å²) in [5.74, 6) is -0.939. The Labute approximate surface area is 292 Å². The average molecular weight is 695 g/mol. The number of phosphoric ester groups is 1. The van der Waals surface area contributed by atoms with E-state index in [1.165, 1.54) is 38.5 Å². The van der Waals surface area contributed by atoms with Crippen molar-refractivity contribution in [1.29, 1.82) is 0 Å². The van der Waals surface area contributed by atoms with E-state index < -0.39 is 32.5 Å². The van der Waals surface area contributed by atoms with Gasteiger partial charge in [-0.15, -0.1) is 0 Å². The van der Waals surface area contributed by atoms with Gasteiger partial charge in [0.05, 0.1) is 6.61 Å². The van der Waals surface area contributed by atoms with E-state index in [0.717, 1.165) is 77.0 Å². The number of phosphoric acid groups is 1. The van der Waals surface area contributed by atoms with Crippen LogP contribution in [0.2, 0.25) is 0 Å². The van der Waals surface area contributed by atoms with E-state index >= 15 is 0 Å². The molecular weight excluding hydrogens is 627 g/mol. The maximum Gasteiger partial charge on any atom is 0.469 e. The van der Waals surface area contributed by atoms with Gasteiger partial charge in [-0.1, -0.05) is 126 Å². The van der Waals surface area contributed by atoms with Crippen molar-refractivity contribution in [3.05, 3.63) is 60.8 Å². The minimum atomic E-state index is -4.76. The Hall–Kier alpha value is -2.25. The Balaban J connectivity index is 4.05. The van der Waals surface area contributed by atoms with Crippen molar-refractivity contribution in [3.63, 3.8) is 0 Å². The normalized spacial score (nSPS) is 13.2. The zero-order valence-electron chi connectivity index (χ0n) is 30.1. The summed E-state index contributed by atoms with van der Waals surface area (Å²) in [4.78, 5) is 42.6. The summed E-state index contributed by atoms with van der Waals surface area (Å²) in [5, 5.41) is 0. The molecule has 0 saturated carbocycles. The smallest absolute Gasteiger partial charge is 0.462 e. The highest BCUT2D eigenvalue weighted by Gasteiger charge is 2.22. The van der Waals surface area contributed by atoms with Crippen LogP contribution < -0.4 is 0 Å². The molecular formula is C39H67O8P. The van der Waals surface area contributed by atoms with Gasteiger partial charge in [0, 0.05) is 12.8 Å². The molecule has 0 aliphatic rings. The lowest BCUT2D eigenvalue weighted by Gasteiger charge is -2.18. The SMILES string of the molecule is CCCC/C=C/CCCCCCCC(=O)O[C@H](COC(=O)CCCCC/C=C/C/C=C/C/C=C/C/C=C/CCCCC)COP(=O)(O)O. The molecule has 0 spiro atoms. The summed E-state index contributed by atoms with van der Waals surface area (Å²) < 4.78 is 26.2. The van der Waals surface area contributed by atoms with Crippen molar-refractivity contribution < 1.29 is 37.9 Å². The topological polar surface area (TPSA) is 119 Å². The van der Waals surface area contributed by atoms with Gasteiger partial charge < -0.3 is 19.3 Å². The van der Waals surface area contributed by atoms with Crippen LogP contribution in [0.25, 0.3) is 0 Å². The second-order valence-corrected chi connectivity index (χ2v) is 13.4. The molecule has 8 nitrogen and oxygen atoms in total. The predicted molar refractivity (Wildman–Crippen MR) is 197 cm³/mol. The van der Waals surface area contributed by atoms with Crippen LogP contribution in [0.1, 0.15) is 155 Å². The van der Waals surface area contributed by atoms with E-state index in [1.54, 1.807) is 0 Å². The Bertz CT molecular complexity index is 963. The molecule has 0 aliphatic carbocycles. The van der Waals surface area contributed by atoms with Gasteiger partial charge in [-0.2, -0.15) is 0 Å². The van der Waals surface area contributed by atoms with E-state index in [9.17, 15) is 14.2 Å². The standard InChI is InChI=1S/C39H67O8P/c1-3-5-7-9-11-13-15-16-17-18-19-20-21-22-24-25-27-29-31-33-38(40)45-35-37(36-46-48(42,43)44)47-39(41)34-32-30-28-26-23-14-12-10-8-6-4-2/h10-13,16-17,19-20,22,24,37H,3-9,14-15,18,21,23,25-36H2,1-2H3,(H2,42,43,44)/b12-10+,13-11+,17-16+,20-19+,24-22+/t37-/m1/s1. The largest absolute Gasteiger partial charge is 0.469 e. The summed E-state index contributed by atoms with van der Waals surface area (Å²) in [6.45, 7) is 3.56. The highest BCUT2D eigenvalue weighted by molar-refractivity contribution is 7.46. The first kappa shape index (κ1) is 45.8. The minimum Gasteiger partial charge on any atom is -0.462 e. The Morgan fingerprint density at radius 1 is 0.542 bits per heavy atom. The molecule has 9 heteroatoms. The van der Waals surface area contributed by atoms with Gasteiger partial charge >= 0.3 is 19.8 Å². The first-order chi connectivity index (χ1) is 23.3. The Kier molecular flexibility index (Phi) is 33.0. The highest BCUT2D eigenvalue weighted by Crippen LogP contribution is 2.35. The van der Waals surface area contributed by atoms with Gasteiger partial charge in [0.1, 0.15) is 6.61 Å². The molecule has 0 aliphatic heterocycles. The van der Waals surface area contributed by atoms with Crippen LogP contribution in [0.4, 0.5) is 0 Å². The van der Waals surface area contributed by atoms with E-state index in [4.69, 9.17) is 19.3 Å². The summed E-state index contributed by atoms with van der Waals surface area (Å²) in [6.07, 6.45) is 42.3. The molecule has 2 N–H and O–H groups in total. The number of esters is 2. The number of allylic oxidation sites excluding steroid dienone is 10. The van der Waals surface area contributed by atoms with Crippen molar-refractivity contribution in [2.24, 2.45) is 0 Å². The highest BCUT2D eigenvalue weighted by atomic mass is 31.2. The molecule has 48 heavy (non-hydrogen) atoms.